The second-order valence-corrected chi connectivity index (χ2v) is 4.88. The Morgan fingerprint density at radius 2 is 2.31 bits per heavy atom. The van der Waals surface area contributed by atoms with Crippen molar-refractivity contribution in [2.75, 3.05) is 0 Å². The van der Waals surface area contributed by atoms with E-state index in [1.165, 1.54) is 19.4 Å². The van der Waals surface area contributed by atoms with Crippen molar-refractivity contribution >= 4 is 16.0 Å². The predicted octanol–water partition coefficient (Wildman–Crippen LogP) is -0.346. The molecule has 1 aromatic heterocycles. The van der Waals surface area contributed by atoms with Crippen LogP contribution in [0.4, 0.5) is 0 Å². The third kappa shape index (κ3) is 2.80. The normalized spacial score (nSPS) is 13.6. The molecule has 0 radical (unpaired) electrons. The molecule has 0 aliphatic heterocycles. The SMILES string of the molecule is CCn1cnc(S(=O)(=O)N[C@@H](C)C(=O)O)c1. The van der Waals surface area contributed by atoms with Crippen LogP contribution in [0.15, 0.2) is 17.6 Å². The molecular weight excluding hydrogens is 234 g/mol. The highest BCUT2D eigenvalue weighted by Crippen LogP contribution is 2.05. The molecule has 0 bridgehead atoms. The van der Waals surface area contributed by atoms with Gasteiger partial charge in [-0.25, -0.2) is 13.4 Å². The van der Waals surface area contributed by atoms with Crippen LogP contribution in [0.2, 0.25) is 0 Å². The molecule has 0 aliphatic carbocycles. The van der Waals surface area contributed by atoms with Gasteiger partial charge in [-0.1, -0.05) is 0 Å². The summed E-state index contributed by atoms with van der Waals surface area (Å²) in [6.07, 6.45) is 2.72. The Morgan fingerprint density at radius 1 is 1.69 bits per heavy atom. The van der Waals surface area contributed by atoms with Crippen LogP contribution in [-0.4, -0.2) is 35.1 Å². The molecule has 0 amide bonds. The van der Waals surface area contributed by atoms with Gasteiger partial charge in [0.2, 0.25) is 0 Å². The van der Waals surface area contributed by atoms with Crippen LogP contribution in [0.5, 0.6) is 0 Å². The number of carboxylic acids is 1. The van der Waals surface area contributed by atoms with Crippen LogP contribution < -0.4 is 4.72 Å². The smallest absolute Gasteiger partial charge is 0.321 e. The number of aryl methyl sites for hydroxylation is 1. The van der Waals surface area contributed by atoms with Gasteiger partial charge in [-0.15, -0.1) is 0 Å². The van der Waals surface area contributed by atoms with Crippen molar-refractivity contribution in [1.29, 1.82) is 0 Å². The highest BCUT2D eigenvalue weighted by Gasteiger charge is 2.23. The summed E-state index contributed by atoms with van der Waals surface area (Å²) in [6.45, 7) is 3.68. The second-order valence-electron chi connectivity index (χ2n) is 3.22. The predicted molar refractivity (Wildman–Crippen MR) is 55.3 cm³/mol. The number of carboxylic acid groups (broad SMARTS) is 1. The molecule has 0 saturated heterocycles. The van der Waals surface area contributed by atoms with Crippen LogP contribution in [0.25, 0.3) is 0 Å². The van der Waals surface area contributed by atoms with E-state index in [2.05, 4.69) is 4.98 Å². The summed E-state index contributed by atoms with van der Waals surface area (Å²) >= 11 is 0. The average Bonchev–Trinajstić information content (AvgIpc) is 2.65. The molecule has 1 atom stereocenters. The molecule has 7 nitrogen and oxygen atoms in total. The molecular formula is C8H13N3O4S. The number of carbonyl (C=O) groups is 1. The van der Waals surface area contributed by atoms with Crippen molar-refractivity contribution in [3.05, 3.63) is 12.5 Å². The Kier molecular flexibility index (Phi) is 3.66. The lowest BCUT2D eigenvalue weighted by atomic mass is 10.4. The third-order valence-electron chi connectivity index (χ3n) is 1.95. The van der Waals surface area contributed by atoms with Crippen LogP contribution in [0, 0.1) is 0 Å². The standard InChI is InChI=1S/C8H13N3O4S/c1-3-11-4-7(9-5-11)16(14,15)10-6(2)8(12)13/h4-6,10H,3H2,1-2H3,(H,12,13)/t6-/m0/s1. The first-order valence-electron chi connectivity index (χ1n) is 4.63. The highest BCUT2D eigenvalue weighted by molar-refractivity contribution is 7.89. The number of hydrogen-bond acceptors (Lipinski definition) is 4. The van der Waals surface area contributed by atoms with Gasteiger partial charge in [0.05, 0.1) is 6.33 Å². The number of rotatable bonds is 5. The number of sulfonamides is 1. The van der Waals surface area contributed by atoms with Gasteiger partial charge in [0.1, 0.15) is 6.04 Å². The van der Waals surface area contributed by atoms with Gasteiger partial charge in [0, 0.05) is 12.7 Å². The molecule has 1 rings (SSSR count). The zero-order valence-electron chi connectivity index (χ0n) is 8.91. The van der Waals surface area contributed by atoms with Crippen LogP contribution >= 0.6 is 0 Å². The fraction of sp³-hybridized carbons (Fsp3) is 0.500. The maximum Gasteiger partial charge on any atom is 0.321 e. The van der Waals surface area contributed by atoms with E-state index < -0.39 is 22.0 Å². The van der Waals surface area contributed by atoms with E-state index in [0.717, 1.165) is 0 Å². The topological polar surface area (TPSA) is 101 Å². The fourth-order valence-corrected chi connectivity index (χ4v) is 2.14. The monoisotopic (exact) mass is 247 g/mol. The molecule has 0 saturated carbocycles. The molecule has 90 valence electrons. The van der Waals surface area contributed by atoms with Crippen molar-refractivity contribution in [1.82, 2.24) is 14.3 Å². The number of nitrogens with one attached hydrogen (secondary N) is 1. The number of nitrogens with zero attached hydrogens (tertiary/aromatic N) is 2. The highest BCUT2D eigenvalue weighted by atomic mass is 32.2. The van der Waals surface area contributed by atoms with E-state index in [4.69, 9.17) is 5.11 Å². The molecule has 1 aromatic rings. The van der Waals surface area contributed by atoms with Crippen molar-refractivity contribution in [3.8, 4) is 0 Å². The van der Waals surface area contributed by atoms with Gasteiger partial charge in [-0.3, -0.25) is 4.79 Å². The van der Waals surface area contributed by atoms with Gasteiger partial charge in [0.15, 0.2) is 5.03 Å². The number of hydrogen-bond donors (Lipinski definition) is 2. The summed E-state index contributed by atoms with van der Waals surface area (Å²) < 4.78 is 26.8. The minimum atomic E-state index is -3.86. The van der Waals surface area contributed by atoms with Gasteiger partial charge >= 0.3 is 5.97 Å². The Hall–Kier alpha value is -1.41. The first-order valence-corrected chi connectivity index (χ1v) is 6.12. The summed E-state index contributed by atoms with van der Waals surface area (Å²) in [7, 11) is -3.86. The third-order valence-corrected chi connectivity index (χ3v) is 3.38. The second kappa shape index (κ2) is 4.62. The van der Waals surface area contributed by atoms with E-state index >= 15 is 0 Å². The molecule has 0 unspecified atom stereocenters. The minimum absolute atomic E-state index is 0.178. The first kappa shape index (κ1) is 12.7. The quantitative estimate of drug-likeness (QED) is 0.740. The molecule has 8 heteroatoms. The first-order chi connectivity index (χ1) is 7.36. The zero-order valence-corrected chi connectivity index (χ0v) is 9.73. The largest absolute Gasteiger partial charge is 0.480 e. The van der Waals surface area contributed by atoms with Gasteiger partial charge in [-0.2, -0.15) is 4.72 Å². The van der Waals surface area contributed by atoms with E-state index in [0.29, 0.717) is 6.54 Å². The maximum atomic E-state index is 11.6. The van der Waals surface area contributed by atoms with E-state index in [9.17, 15) is 13.2 Å². The van der Waals surface area contributed by atoms with E-state index in [1.54, 1.807) is 4.57 Å². The summed E-state index contributed by atoms with van der Waals surface area (Å²) in [5, 5.41) is 8.41. The van der Waals surface area contributed by atoms with Gasteiger partial charge in [0.25, 0.3) is 10.0 Å². The Morgan fingerprint density at radius 3 is 2.75 bits per heavy atom. The summed E-state index contributed by atoms with van der Waals surface area (Å²) in [5.74, 6) is -1.24. The van der Waals surface area contributed by atoms with Crippen LogP contribution in [0.1, 0.15) is 13.8 Å². The summed E-state index contributed by atoms with van der Waals surface area (Å²) in [6, 6.07) is -1.18. The van der Waals surface area contributed by atoms with Crippen molar-refractivity contribution in [3.63, 3.8) is 0 Å². The molecule has 0 spiro atoms. The molecule has 0 aliphatic rings. The Balaban J connectivity index is 2.90. The lowest BCUT2D eigenvalue weighted by Gasteiger charge is -2.07. The maximum absolute atomic E-state index is 11.6. The molecule has 2 N–H and O–H groups in total. The van der Waals surface area contributed by atoms with E-state index in [1.807, 2.05) is 11.6 Å². The lowest BCUT2D eigenvalue weighted by molar-refractivity contribution is -0.138. The lowest BCUT2D eigenvalue weighted by Crippen LogP contribution is -2.38. The molecule has 1 heterocycles. The summed E-state index contributed by atoms with van der Waals surface area (Å²) in [5.41, 5.74) is 0. The van der Waals surface area contributed by atoms with Gasteiger partial charge < -0.3 is 9.67 Å². The summed E-state index contributed by atoms with van der Waals surface area (Å²) in [4.78, 5) is 14.2. The Bertz CT molecular complexity index is 479. The van der Waals surface area contributed by atoms with Gasteiger partial charge in [-0.05, 0) is 13.8 Å². The zero-order chi connectivity index (χ0) is 12.3. The number of aromatic nitrogens is 2. The van der Waals surface area contributed by atoms with E-state index in [-0.39, 0.29) is 5.03 Å². The van der Waals surface area contributed by atoms with Crippen molar-refractivity contribution in [2.24, 2.45) is 0 Å². The minimum Gasteiger partial charge on any atom is -0.480 e. The van der Waals surface area contributed by atoms with Crippen molar-refractivity contribution in [2.45, 2.75) is 31.5 Å². The van der Waals surface area contributed by atoms with Crippen molar-refractivity contribution < 1.29 is 18.3 Å². The number of aliphatic carboxylic acids is 1. The average molecular weight is 247 g/mol. The van der Waals surface area contributed by atoms with Crippen LogP contribution in [-0.2, 0) is 21.4 Å². The number of imidazole rings is 1. The Labute approximate surface area is 93.2 Å². The van der Waals surface area contributed by atoms with Crippen LogP contribution in [0.3, 0.4) is 0 Å². The molecule has 0 aromatic carbocycles. The fourth-order valence-electron chi connectivity index (χ4n) is 0.995. The molecule has 16 heavy (non-hydrogen) atoms. The molecule has 0 fully saturated rings.